The molecule has 3 nitrogen and oxygen atoms in total. The second kappa shape index (κ2) is 5.58. The zero-order chi connectivity index (χ0) is 20.1. The zero-order valence-electron chi connectivity index (χ0n) is 16.2. The van der Waals surface area contributed by atoms with Crippen molar-refractivity contribution in [2.24, 2.45) is 0 Å². The average molecular weight is 432 g/mol. The highest BCUT2D eigenvalue weighted by Crippen LogP contribution is 2.43. The molecule has 0 bridgehead atoms. The molecule has 0 unspecified atom stereocenters. The van der Waals surface area contributed by atoms with Crippen LogP contribution in [0.3, 0.4) is 0 Å². The summed E-state index contributed by atoms with van der Waals surface area (Å²) >= 11 is 3.75. The maximum absolute atomic E-state index is 4.72. The summed E-state index contributed by atoms with van der Waals surface area (Å²) in [5.41, 5.74) is 3.13. The first kappa shape index (κ1) is 16.2. The van der Waals surface area contributed by atoms with E-state index in [0.717, 1.165) is 22.1 Å². The van der Waals surface area contributed by atoms with Crippen molar-refractivity contribution in [2.75, 3.05) is 0 Å². The van der Waals surface area contributed by atoms with Gasteiger partial charge in [0.15, 0.2) is 0 Å². The van der Waals surface area contributed by atoms with Crippen LogP contribution >= 0.6 is 22.7 Å². The van der Waals surface area contributed by atoms with Crippen LogP contribution in [0.4, 0.5) is 0 Å². The Kier molecular flexibility index (Phi) is 2.91. The molecule has 0 spiro atoms. The Morgan fingerprint density at radius 2 is 1.35 bits per heavy atom. The van der Waals surface area contributed by atoms with Crippen LogP contribution in [-0.4, -0.2) is 14.4 Å². The Labute approximate surface area is 183 Å². The van der Waals surface area contributed by atoms with Gasteiger partial charge in [-0.05, 0) is 42.5 Å². The Bertz CT molecular complexity index is 2010. The number of aromatic nitrogens is 3. The van der Waals surface area contributed by atoms with E-state index >= 15 is 0 Å². The quantitative estimate of drug-likeness (QED) is 0.230. The molecule has 5 heterocycles. The number of fused-ring (bicyclic) bond motifs is 12. The Balaban J connectivity index is 1.59. The maximum Gasteiger partial charge on any atom is 0.146 e. The largest absolute Gasteiger partial charge is 0.299 e. The van der Waals surface area contributed by atoms with Crippen LogP contribution in [0.1, 0.15) is 0 Å². The lowest BCUT2D eigenvalue weighted by atomic mass is 10.1. The summed E-state index contributed by atoms with van der Waals surface area (Å²) < 4.78 is 7.54. The number of nitrogens with zero attached hydrogens (tertiary/aromatic N) is 3. The van der Waals surface area contributed by atoms with Crippen LogP contribution < -0.4 is 0 Å². The molecular weight excluding hydrogens is 418 g/mol. The molecule has 8 rings (SSSR count). The summed E-state index contributed by atoms with van der Waals surface area (Å²) in [4.78, 5) is 9.35. The van der Waals surface area contributed by atoms with Gasteiger partial charge in [0, 0.05) is 69.7 Å². The summed E-state index contributed by atoms with van der Waals surface area (Å²) in [6, 6.07) is 22.2. The van der Waals surface area contributed by atoms with Crippen molar-refractivity contribution in [1.29, 1.82) is 0 Å². The topological polar surface area (TPSA) is 30.2 Å². The fraction of sp³-hybridized carbons (Fsp3) is 0. The fourth-order valence-corrected chi connectivity index (χ4v) is 7.27. The summed E-state index contributed by atoms with van der Waals surface area (Å²) in [6.45, 7) is 0. The van der Waals surface area contributed by atoms with Gasteiger partial charge in [0.05, 0.1) is 11.0 Å². The molecular formula is C26H13N3S2. The molecule has 31 heavy (non-hydrogen) atoms. The molecule has 0 aliphatic rings. The first-order valence-electron chi connectivity index (χ1n) is 10.2. The number of rotatable bonds is 0. The van der Waals surface area contributed by atoms with Crippen molar-refractivity contribution in [1.82, 2.24) is 14.4 Å². The van der Waals surface area contributed by atoms with E-state index in [0.29, 0.717) is 0 Å². The maximum atomic E-state index is 4.72. The smallest absolute Gasteiger partial charge is 0.146 e. The minimum Gasteiger partial charge on any atom is -0.299 e. The third-order valence-corrected chi connectivity index (χ3v) is 8.54. The standard InChI is InChI=1S/C26H13N3S2/c1-2-6-21-14(4-1)16-10-17-18-11-20-19(12-22(18)31-24(17)13-23(16)30-21)25-15(5-3-7-27-25)26-28-8-9-29(20)26/h1-13H. The van der Waals surface area contributed by atoms with Gasteiger partial charge in [-0.15, -0.1) is 22.7 Å². The molecule has 5 aromatic heterocycles. The number of pyridine rings is 2. The SMILES string of the molecule is c1ccc2c(c1)sc1cc3sc4cc5c6ncccc6c6nccn6c5cc4c3cc12. The molecule has 0 fully saturated rings. The van der Waals surface area contributed by atoms with Gasteiger partial charge in [0.25, 0.3) is 0 Å². The fourth-order valence-electron chi connectivity index (χ4n) is 4.92. The van der Waals surface area contributed by atoms with Crippen molar-refractivity contribution in [3.63, 3.8) is 0 Å². The number of benzene rings is 3. The van der Waals surface area contributed by atoms with Crippen molar-refractivity contribution in [3.8, 4) is 0 Å². The molecule has 0 saturated heterocycles. The van der Waals surface area contributed by atoms with E-state index in [1.807, 2.05) is 41.1 Å². The van der Waals surface area contributed by atoms with E-state index in [1.165, 1.54) is 45.7 Å². The van der Waals surface area contributed by atoms with E-state index < -0.39 is 0 Å². The minimum absolute atomic E-state index is 0.959. The highest BCUT2D eigenvalue weighted by atomic mass is 32.1. The van der Waals surface area contributed by atoms with E-state index in [-0.39, 0.29) is 0 Å². The normalized spacial score (nSPS) is 12.5. The molecule has 0 saturated carbocycles. The van der Waals surface area contributed by atoms with Crippen LogP contribution in [0, 0.1) is 0 Å². The summed E-state index contributed by atoms with van der Waals surface area (Å²) in [7, 11) is 0. The Morgan fingerprint density at radius 1 is 0.581 bits per heavy atom. The predicted octanol–water partition coefficient (Wildman–Crippen LogP) is 7.77. The molecule has 0 amide bonds. The van der Waals surface area contributed by atoms with Crippen molar-refractivity contribution in [3.05, 3.63) is 79.3 Å². The third kappa shape index (κ3) is 2.02. The van der Waals surface area contributed by atoms with Gasteiger partial charge in [-0.2, -0.15) is 0 Å². The van der Waals surface area contributed by atoms with Crippen LogP contribution in [0.25, 0.3) is 67.8 Å². The lowest BCUT2D eigenvalue weighted by Crippen LogP contribution is -1.91. The number of hydrogen-bond donors (Lipinski definition) is 0. The molecule has 3 aromatic carbocycles. The van der Waals surface area contributed by atoms with E-state index in [4.69, 9.17) is 4.98 Å². The first-order chi connectivity index (χ1) is 15.3. The number of thiophene rings is 2. The number of imidazole rings is 1. The van der Waals surface area contributed by atoms with Crippen molar-refractivity contribution >= 4 is 90.5 Å². The summed E-state index contributed by atoms with van der Waals surface area (Å²) in [6.07, 6.45) is 5.79. The van der Waals surface area contributed by atoms with Gasteiger partial charge in [-0.25, -0.2) is 4.98 Å². The second-order valence-electron chi connectivity index (χ2n) is 7.93. The van der Waals surface area contributed by atoms with E-state index in [9.17, 15) is 0 Å². The van der Waals surface area contributed by atoms with Crippen molar-refractivity contribution < 1.29 is 0 Å². The van der Waals surface area contributed by atoms with Gasteiger partial charge in [-0.3, -0.25) is 9.38 Å². The molecule has 0 atom stereocenters. The first-order valence-corrected chi connectivity index (χ1v) is 11.8. The van der Waals surface area contributed by atoms with Gasteiger partial charge in [0.1, 0.15) is 5.65 Å². The van der Waals surface area contributed by atoms with Gasteiger partial charge in [0.2, 0.25) is 0 Å². The van der Waals surface area contributed by atoms with Crippen LogP contribution in [0.5, 0.6) is 0 Å². The summed E-state index contributed by atoms with van der Waals surface area (Å²) in [5, 5.41) is 7.58. The van der Waals surface area contributed by atoms with Crippen LogP contribution in [-0.2, 0) is 0 Å². The summed E-state index contributed by atoms with van der Waals surface area (Å²) in [5.74, 6) is 0. The van der Waals surface area contributed by atoms with Gasteiger partial charge in [-0.1, -0.05) is 18.2 Å². The third-order valence-electron chi connectivity index (χ3n) is 6.29. The monoisotopic (exact) mass is 431 g/mol. The van der Waals surface area contributed by atoms with Crippen molar-refractivity contribution in [2.45, 2.75) is 0 Å². The molecule has 0 aliphatic carbocycles. The molecule has 8 aromatic rings. The minimum atomic E-state index is 0.959. The van der Waals surface area contributed by atoms with Crippen LogP contribution in [0.2, 0.25) is 0 Å². The van der Waals surface area contributed by atoms with Gasteiger partial charge >= 0.3 is 0 Å². The lowest BCUT2D eigenvalue weighted by molar-refractivity contribution is 1.27. The Hall–Kier alpha value is -3.54. The van der Waals surface area contributed by atoms with E-state index in [2.05, 4.69) is 70.2 Å². The molecule has 0 N–H and O–H groups in total. The predicted molar refractivity (Wildman–Crippen MR) is 134 cm³/mol. The second-order valence-corrected chi connectivity index (χ2v) is 10.1. The highest BCUT2D eigenvalue weighted by molar-refractivity contribution is 7.28. The number of hydrogen-bond acceptors (Lipinski definition) is 4. The molecule has 5 heteroatoms. The lowest BCUT2D eigenvalue weighted by Gasteiger charge is -2.08. The van der Waals surface area contributed by atoms with Crippen LogP contribution in [0.15, 0.2) is 79.3 Å². The van der Waals surface area contributed by atoms with E-state index in [1.54, 1.807) is 0 Å². The highest BCUT2D eigenvalue weighted by Gasteiger charge is 2.15. The average Bonchev–Trinajstić information content (AvgIpc) is 3.51. The zero-order valence-corrected chi connectivity index (χ0v) is 17.8. The molecule has 0 aliphatic heterocycles. The Morgan fingerprint density at radius 3 is 2.32 bits per heavy atom. The molecule has 0 radical (unpaired) electrons. The molecule has 144 valence electrons. The van der Waals surface area contributed by atoms with Gasteiger partial charge < -0.3 is 0 Å².